The van der Waals surface area contributed by atoms with Crippen molar-refractivity contribution in [2.45, 2.75) is 6.92 Å². The highest BCUT2D eigenvalue weighted by molar-refractivity contribution is 6.80. The second-order valence-electron chi connectivity index (χ2n) is 3.65. The van der Waals surface area contributed by atoms with Gasteiger partial charge in [-0.3, -0.25) is 0 Å². The minimum Gasteiger partial charge on any atom is -0.539 e. The first-order chi connectivity index (χ1) is 8.42. The molecule has 0 spiro atoms. The van der Waals surface area contributed by atoms with Gasteiger partial charge in [-0.1, -0.05) is 66.7 Å². The van der Waals surface area contributed by atoms with Gasteiger partial charge in [-0.25, -0.2) is 0 Å². The van der Waals surface area contributed by atoms with Crippen molar-refractivity contribution < 1.29 is 4.43 Å². The SMILES string of the molecule is C/C=C\O[Si](c1ccccc1)c1ccccc1. The zero-order valence-electron chi connectivity index (χ0n) is 9.84. The maximum Gasteiger partial charge on any atom is 0.352 e. The summed E-state index contributed by atoms with van der Waals surface area (Å²) in [6.07, 6.45) is 3.71. The summed E-state index contributed by atoms with van der Waals surface area (Å²) in [5.74, 6) is 0. The molecule has 0 atom stereocenters. The van der Waals surface area contributed by atoms with Crippen molar-refractivity contribution in [3.05, 3.63) is 73.0 Å². The van der Waals surface area contributed by atoms with Gasteiger partial charge in [-0.15, -0.1) is 0 Å². The van der Waals surface area contributed by atoms with Crippen LogP contribution in [0, 0.1) is 0 Å². The van der Waals surface area contributed by atoms with E-state index in [1.165, 1.54) is 10.4 Å². The molecule has 0 aliphatic rings. The van der Waals surface area contributed by atoms with Crippen LogP contribution in [-0.2, 0) is 4.43 Å². The fourth-order valence-corrected chi connectivity index (χ4v) is 3.49. The summed E-state index contributed by atoms with van der Waals surface area (Å²) in [6.45, 7) is 1.97. The number of hydrogen-bond donors (Lipinski definition) is 0. The Hall–Kier alpha value is -1.80. The second kappa shape index (κ2) is 6.06. The van der Waals surface area contributed by atoms with Crippen LogP contribution in [0.1, 0.15) is 6.92 Å². The van der Waals surface area contributed by atoms with E-state index in [9.17, 15) is 0 Å². The van der Waals surface area contributed by atoms with Gasteiger partial charge in [0.05, 0.1) is 6.26 Å². The lowest BCUT2D eigenvalue weighted by Gasteiger charge is -2.13. The molecule has 2 aromatic carbocycles. The van der Waals surface area contributed by atoms with E-state index >= 15 is 0 Å². The lowest BCUT2D eigenvalue weighted by molar-refractivity contribution is 0.510. The van der Waals surface area contributed by atoms with Crippen LogP contribution in [0.4, 0.5) is 0 Å². The van der Waals surface area contributed by atoms with Crippen LogP contribution in [0.15, 0.2) is 73.0 Å². The molecule has 0 amide bonds. The Morgan fingerprint density at radius 3 is 1.71 bits per heavy atom. The highest BCUT2D eigenvalue weighted by Crippen LogP contribution is 1.95. The molecule has 0 heterocycles. The summed E-state index contributed by atoms with van der Waals surface area (Å²) in [4.78, 5) is 0. The molecule has 0 fully saturated rings. The molecular formula is C15H15OSi. The minimum absolute atomic E-state index is 1.15. The van der Waals surface area contributed by atoms with Gasteiger partial charge in [-0.05, 0) is 17.3 Å². The molecule has 17 heavy (non-hydrogen) atoms. The van der Waals surface area contributed by atoms with E-state index in [2.05, 4.69) is 48.5 Å². The number of benzene rings is 2. The second-order valence-corrected chi connectivity index (χ2v) is 5.70. The van der Waals surface area contributed by atoms with Crippen molar-refractivity contribution in [1.29, 1.82) is 0 Å². The molecule has 2 rings (SSSR count). The molecule has 0 saturated heterocycles. The normalized spacial score (nSPS) is 10.9. The van der Waals surface area contributed by atoms with Crippen molar-refractivity contribution in [2.24, 2.45) is 0 Å². The number of allylic oxidation sites excluding steroid dienone is 1. The van der Waals surface area contributed by atoms with Crippen molar-refractivity contribution in [3.8, 4) is 0 Å². The lowest BCUT2D eigenvalue weighted by atomic mass is 10.4. The monoisotopic (exact) mass is 239 g/mol. The van der Waals surface area contributed by atoms with Crippen LogP contribution in [0.2, 0.25) is 0 Å². The molecule has 0 saturated carbocycles. The van der Waals surface area contributed by atoms with Gasteiger partial charge in [0.25, 0.3) is 0 Å². The average molecular weight is 239 g/mol. The first-order valence-corrected chi connectivity index (χ1v) is 7.08. The average Bonchev–Trinajstić information content (AvgIpc) is 2.42. The van der Waals surface area contributed by atoms with Crippen LogP contribution in [0.3, 0.4) is 0 Å². The summed E-state index contributed by atoms with van der Waals surface area (Å²) < 4.78 is 5.88. The van der Waals surface area contributed by atoms with Crippen LogP contribution >= 0.6 is 0 Å². The molecule has 1 radical (unpaired) electrons. The Kier molecular flexibility index (Phi) is 4.16. The van der Waals surface area contributed by atoms with E-state index in [0.29, 0.717) is 0 Å². The summed E-state index contributed by atoms with van der Waals surface area (Å²) >= 11 is 0. The lowest BCUT2D eigenvalue weighted by Crippen LogP contribution is -2.43. The molecule has 2 aromatic rings. The Bertz CT molecular complexity index is 425. The Morgan fingerprint density at radius 2 is 1.29 bits per heavy atom. The third-order valence-corrected chi connectivity index (χ3v) is 4.48. The topological polar surface area (TPSA) is 9.23 Å². The van der Waals surface area contributed by atoms with Gasteiger partial charge < -0.3 is 4.43 Å². The summed E-state index contributed by atoms with van der Waals surface area (Å²) in [6, 6.07) is 20.8. The van der Waals surface area contributed by atoms with Crippen molar-refractivity contribution in [2.75, 3.05) is 0 Å². The minimum atomic E-state index is -1.15. The van der Waals surface area contributed by atoms with E-state index in [-0.39, 0.29) is 0 Å². The van der Waals surface area contributed by atoms with Crippen LogP contribution in [0.5, 0.6) is 0 Å². The van der Waals surface area contributed by atoms with E-state index < -0.39 is 9.04 Å². The highest BCUT2D eigenvalue weighted by Gasteiger charge is 2.18. The maximum absolute atomic E-state index is 5.88. The fourth-order valence-electron chi connectivity index (χ4n) is 1.62. The van der Waals surface area contributed by atoms with Crippen LogP contribution < -0.4 is 10.4 Å². The van der Waals surface area contributed by atoms with Gasteiger partial charge in [0.15, 0.2) is 0 Å². The molecule has 0 unspecified atom stereocenters. The maximum atomic E-state index is 5.88. The zero-order chi connectivity index (χ0) is 11.9. The Morgan fingerprint density at radius 1 is 0.824 bits per heavy atom. The van der Waals surface area contributed by atoms with E-state index in [1.807, 2.05) is 25.1 Å². The van der Waals surface area contributed by atoms with Crippen molar-refractivity contribution >= 4 is 19.4 Å². The Balaban J connectivity index is 2.32. The molecule has 0 bridgehead atoms. The molecule has 2 heteroatoms. The molecule has 0 aromatic heterocycles. The van der Waals surface area contributed by atoms with E-state index in [4.69, 9.17) is 4.43 Å². The molecule has 0 aliphatic carbocycles. The predicted octanol–water partition coefficient (Wildman–Crippen LogP) is 2.34. The first-order valence-electron chi connectivity index (χ1n) is 5.67. The number of hydrogen-bond acceptors (Lipinski definition) is 1. The third-order valence-electron chi connectivity index (χ3n) is 2.39. The van der Waals surface area contributed by atoms with Crippen molar-refractivity contribution in [1.82, 2.24) is 0 Å². The fraction of sp³-hybridized carbons (Fsp3) is 0.0667. The van der Waals surface area contributed by atoms with Gasteiger partial charge in [0.1, 0.15) is 0 Å². The summed E-state index contributed by atoms with van der Waals surface area (Å²) in [5, 5.41) is 2.53. The summed E-state index contributed by atoms with van der Waals surface area (Å²) in [7, 11) is -1.15. The van der Waals surface area contributed by atoms with Gasteiger partial charge in [-0.2, -0.15) is 0 Å². The van der Waals surface area contributed by atoms with Gasteiger partial charge in [0.2, 0.25) is 0 Å². The Labute approximate surface area is 104 Å². The van der Waals surface area contributed by atoms with Crippen molar-refractivity contribution in [3.63, 3.8) is 0 Å². The molecule has 0 aliphatic heterocycles. The van der Waals surface area contributed by atoms with Crippen LogP contribution in [0.25, 0.3) is 0 Å². The van der Waals surface area contributed by atoms with Crippen LogP contribution in [-0.4, -0.2) is 9.04 Å². The first kappa shape index (κ1) is 11.7. The molecule has 85 valence electrons. The smallest absolute Gasteiger partial charge is 0.352 e. The molecule has 1 nitrogen and oxygen atoms in total. The van der Waals surface area contributed by atoms with Gasteiger partial charge in [0, 0.05) is 0 Å². The van der Waals surface area contributed by atoms with E-state index in [1.54, 1.807) is 6.26 Å². The molecular weight excluding hydrogens is 224 g/mol. The molecule has 0 N–H and O–H groups in total. The number of rotatable bonds is 4. The quantitative estimate of drug-likeness (QED) is 0.588. The van der Waals surface area contributed by atoms with Gasteiger partial charge >= 0.3 is 9.04 Å². The van der Waals surface area contributed by atoms with E-state index in [0.717, 1.165) is 0 Å². The predicted molar refractivity (Wildman–Crippen MR) is 73.8 cm³/mol. The largest absolute Gasteiger partial charge is 0.539 e. The highest BCUT2D eigenvalue weighted by atomic mass is 28.3. The summed E-state index contributed by atoms with van der Waals surface area (Å²) in [5.41, 5.74) is 0. The third kappa shape index (κ3) is 3.08. The standard InChI is InChI=1S/C15H15OSi/c1-2-13-16-17(14-9-5-3-6-10-14)15-11-7-4-8-12-15/h2-13H,1H3/b13-2-. The zero-order valence-corrected chi connectivity index (χ0v) is 10.8.